The summed E-state index contributed by atoms with van der Waals surface area (Å²) in [5.41, 5.74) is -0.0427. The molecule has 0 aromatic carbocycles. The van der Waals surface area contributed by atoms with Gasteiger partial charge in [0.1, 0.15) is 11.0 Å². The smallest absolute Gasteiger partial charge is 0.276 e. The molecule has 5 nitrogen and oxygen atoms in total. The number of aromatic nitrogens is 1. The predicted molar refractivity (Wildman–Crippen MR) is 68.5 cm³/mol. The Morgan fingerprint density at radius 3 is 2.76 bits per heavy atom. The Bertz CT molecular complexity index is 398. The third kappa shape index (κ3) is 4.19. The molecule has 1 N–H and O–H groups in total. The van der Waals surface area contributed by atoms with Gasteiger partial charge in [-0.15, -0.1) is 0 Å². The molecule has 0 amide bonds. The van der Waals surface area contributed by atoms with Crippen LogP contribution in [0, 0.1) is 10.1 Å². The maximum atomic E-state index is 10.7. The van der Waals surface area contributed by atoms with Gasteiger partial charge in [0.05, 0.1) is 17.1 Å². The molecule has 1 unspecified atom stereocenters. The molecular formula is C11H16ClN3O2. The van der Waals surface area contributed by atoms with Crippen LogP contribution >= 0.6 is 11.6 Å². The highest BCUT2D eigenvalue weighted by molar-refractivity contribution is 6.29. The molecule has 6 heteroatoms. The van der Waals surface area contributed by atoms with E-state index in [0.717, 1.165) is 19.3 Å². The second-order valence-electron chi connectivity index (χ2n) is 3.83. The second kappa shape index (κ2) is 6.39. The summed E-state index contributed by atoms with van der Waals surface area (Å²) in [6.45, 7) is 4.16. The summed E-state index contributed by atoms with van der Waals surface area (Å²) < 4.78 is 0. The molecule has 0 saturated carbocycles. The molecule has 0 aliphatic rings. The summed E-state index contributed by atoms with van der Waals surface area (Å²) in [4.78, 5) is 14.2. The molecule has 1 atom stereocenters. The minimum atomic E-state index is -0.473. The van der Waals surface area contributed by atoms with E-state index in [1.165, 1.54) is 12.1 Å². The number of nitrogens with one attached hydrogen (secondary N) is 1. The minimum Gasteiger partial charge on any atom is -0.367 e. The van der Waals surface area contributed by atoms with Crippen molar-refractivity contribution in [3.63, 3.8) is 0 Å². The van der Waals surface area contributed by atoms with Crippen LogP contribution in [0.3, 0.4) is 0 Å². The summed E-state index contributed by atoms with van der Waals surface area (Å²) in [7, 11) is 0. The van der Waals surface area contributed by atoms with Crippen LogP contribution in [0.4, 0.5) is 11.5 Å². The van der Waals surface area contributed by atoms with Gasteiger partial charge in [-0.3, -0.25) is 10.1 Å². The van der Waals surface area contributed by atoms with Crippen LogP contribution in [0.5, 0.6) is 0 Å². The summed E-state index contributed by atoms with van der Waals surface area (Å²) in [6.07, 6.45) is 2.99. The van der Waals surface area contributed by atoms with E-state index in [9.17, 15) is 10.1 Å². The first-order chi connectivity index (χ1) is 8.06. The van der Waals surface area contributed by atoms with Gasteiger partial charge < -0.3 is 5.32 Å². The fourth-order valence-corrected chi connectivity index (χ4v) is 1.80. The van der Waals surface area contributed by atoms with Crippen molar-refractivity contribution in [1.82, 2.24) is 4.98 Å². The lowest BCUT2D eigenvalue weighted by Crippen LogP contribution is -2.18. The molecule has 0 saturated heterocycles. The normalized spacial score (nSPS) is 12.2. The lowest BCUT2D eigenvalue weighted by atomic mass is 10.1. The standard InChI is InChI=1S/C11H16ClN3O2/c1-3-5-8(4-2)13-11-7-9(15(16)17)6-10(12)14-11/h6-8H,3-5H2,1-2H3,(H,13,14). The first kappa shape index (κ1) is 13.7. The maximum absolute atomic E-state index is 10.7. The number of hydrogen-bond acceptors (Lipinski definition) is 4. The van der Waals surface area contributed by atoms with Crippen LogP contribution < -0.4 is 5.32 Å². The molecule has 0 aliphatic carbocycles. The number of pyridine rings is 1. The number of rotatable bonds is 6. The first-order valence-corrected chi connectivity index (χ1v) is 6.03. The number of nitrogens with zero attached hydrogens (tertiary/aromatic N) is 2. The summed E-state index contributed by atoms with van der Waals surface area (Å²) in [6, 6.07) is 2.92. The van der Waals surface area contributed by atoms with Gasteiger partial charge in [-0.2, -0.15) is 0 Å². The van der Waals surface area contributed by atoms with Gasteiger partial charge >= 0.3 is 0 Å². The zero-order valence-corrected chi connectivity index (χ0v) is 10.7. The number of hydrogen-bond donors (Lipinski definition) is 1. The third-order valence-corrected chi connectivity index (χ3v) is 2.67. The van der Waals surface area contributed by atoms with E-state index >= 15 is 0 Å². The average Bonchev–Trinajstić information content (AvgIpc) is 2.27. The molecule has 94 valence electrons. The topological polar surface area (TPSA) is 68.1 Å². The van der Waals surface area contributed by atoms with Gasteiger partial charge in [-0.05, 0) is 12.8 Å². The number of anilines is 1. The molecular weight excluding hydrogens is 242 g/mol. The fourth-order valence-electron chi connectivity index (χ4n) is 1.60. The fraction of sp³-hybridized carbons (Fsp3) is 0.545. The number of nitro groups is 1. The van der Waals surface area contributed by atoms with Crippen LogP contribution in [0.2, 0.25) is 5.15 Å². The summed E-state index contributed by atoms with van der Waals surface area (Å²) >= 11 is 5.74. The van der Waals surface area contributed by atoms with Crippen molar-refractivity contribution < 1.29 is 4.92 Å². The van der Waals surface area contributed by atoms with Gasteiger partial charge in [0.25, 0.3) is 5.69 Å². The van der Waals surface area contributed by atoms with Crippen LogP contribution in [0.25, 0.3) is 0 Å². The Hall–Kier alpha value is -1.36. The van der Waals surface area contributed by atoms with Crippen LogP contribution in [-0.4, -0.2) is 15.9 Å². The SMILES string of the molecule is CCCC(CC)Nc1cc([N+](=O)[O-])cc(Cl)n1. The lowest BCUT2D eigenvalue weighted by Gasteiger charge is -2.16. The molecule has 0 bridgehead atoms. The van der Waals surface area contributed by atoms with E-state index in [2.05, 4.69) is 24.1 Å². The molecule has 0 spiro atoms. The quantitative estimate of drug-likeness (QED) is 0.480. The monoisotopic (exact) mass is 257 g/mol. The van der Waals surface area contributed by atoms with E-state index < -0.39 is 4.92 Å². The zero-order chi connectivity index (χ0) is 12.8. The Morgan fingerprint density at radius 2 is 2.24 bits per heavy atom. The second-order valence-corrected chi connectivity index (χ2v) is 4.22. The Morgan fingerprint density at radius 1 is 1.53 bits per heavy atom. The zero-order valence-electron chi connectivity index (χ0n) is 9.94. The molecule has 1 heterocycles. The van der Waals surface area contributed by atoms with Crippen molar-refractivity contribution in [3.8, 4) is 0 Å². The van der Waals surface area contributed by atoms with Crippen LogP contribution in [0.1, 0.15) is 33.1 Å². The molecule has 0 radical (unpaired) electrons. The van der Waals surface area contributed by atoms with Crippen LogP contribution in [-0.2, 0) is 0 Å². The summed E-state index contributed by atoms with van der Waals surface area (Å²) in [5.74, 6) is 0.463. The molecule has 0 aliphatic heterocycles. The van der Waals surface area contributed by atoms with Gasteiger partial charge in [0.15, 0.2) is 0 Å². The molecule has 1 aromatic heterocycles. The van der Waals surface area contributed by atoms with Gasteiger partial charge in [-0.1, -0.05) is 31.9 Å². The van der Waals surface area contributed by atoms with Crippen molar-refractivity contribution in [2.75, 3.05) is 5.32 Å². The maximum Gasteiger partial charge on any atom is 0.276 e. The highest BCUT2D eigenvalue weighted by atomic mass is 35.5. The van der Waals surface area contributed by atoms with E-state index in [1.807, 2.05) is 0 Å². The first-order valence-electron chi connectivity index (χ1n) is 5.65. The molecule has 0 fully saturated rings. The molecule has 1 rings (SSSR count). The van der Waals surface area contributed by atoms with E-state index in [0.29, 0.717) is 5.82 Å². The van der Waals surface area contributed by atoms with Crippen molar-refractivity contribution >= 4 is 23.1 Å². The number of halogens is 1. The van der Waals surface area contributed by atoms with Crippen molar-refractivity contribution in [2.24, 2.45) is 0 Å². The van der Waals surface area contributed by atoms with E-state index in [-0.39, 0.29) is 16.9 Å². The Balaban J connectivity index is 2.86. The molecule has 17 heavy (non-hydrogen) atoms. The highest BCUT2D eigenvalue weighted by Crippen LogP contribution is 2.21. The predicted octanol–water partition coefficient (Wildman–Crippen LogP) is 3.63. The molecule has 1 aromatic rings. The highest BCUT2D eigenvalue weighted by Gasteiger charge is 2.12. The Labute approximate surface area is 105 Å². The van der Waals surface area contributed by atoms with E-state index in [1.54, 1.807) is 0 Å². The minimum absolute atomic E-state index is 0.0427. The average molecular weight is 258 g/mol. The van der Waals surface area contributed by atoms with Crippen molar-refractivity contribution in [3.05, 3.63) is 27.4 Å². The summed E-state index contributed by atoms with van der Waals surface area (Å²) in [5, 5.41) is 14.0. The largest absolute Gasteiger partial charge is 0.367 e. The van der Waals surface area contributed by atoms with Crippen LogP contribution in [0.15, 0.2) is 12.1 Å². The van der Waals surface area contributed by atoms with Crippen molar-refractivity contribution in [1.29, 1.82) is 0 Å². The lowest BCUT2D eigenvalue weighted by molar-refractivity contribution is -0.384. The Kier molecular flexibility index (Phi) is 5.15. The van der Waals surface area contributed by atoms with Crippen molar-refractivity contribution in [2.45, 2.75) is 39.2 Å². The third-order valence-electron chi connectivity index (χ3n) is 2.47. The van der Waals surface area contributed by atoms with Gasteiger partial charge in [0.2, 0.25) is 0 Å². The van der Waals surface area contributed by atoms with Gasteiger partial charge in [0, 0.05) is 6.04 Å². The van der Waals surface area contributed by atoms with Gasteiger partial charge in [-0.25, -0.2) is 4.98 Å². The van der Waals surface area contributed by atoms with E-state index in [4.69, 9.17) is 11.6 Å².